The van der Waals surface area contributed by atoms with E-state index in [1.807, 2.05) is 55.5 Å². The minimum absolute atomic E-state index is 0.236. The SMILES string of the molecule is COc1ccc(-c2nnc(SC[C@H](O)COc3cccc(C)c3)n2CC(C)C)cc1. The van der Waals surface area contributed by atoms with Crippen LogP contribution < -0.4 is 9.47 Å². The van der Waals surface area contributed by atoms with E-state index in [1.54, 1.807) is 7.11 Å². The van der Waals surface area contributed by atoms with Crippen LogP contribution in [0.2, 0.25) is 0 Å². The van der Waals surface area contributed by atoms with E-state index in [9.17, 15) is 5.11 Å². The van der Waals surface area contributed by atoms with Crippen LogP contribution in [0.15, 0.2) is 53.7 Å². The molecule has 1 atom stereocenters. The van der Waals surface area contributed by atoms with Gasteiger partial charge in [-0.15, -0.1) is 10.2 Å². The summed E-state index contributed by atoms with van der Waals surface area (Å²) in [5.74, 6) is 3.31. The highest BCUT2D eigenvalue weighted by Gasteiger charge is 2.17. The van der Waals surface area contributed by atoms with Crippen molar-refractivity contribution in [3.05, 3.63) is 54.1 Å². The summed E-state index contributed by atoms with van der Waals surface area (Å²) >= 11 is 1.49. The van der Waals surface area contributed by atoms with Crippen LogP contribution in [0.1, 0.15) is 19.4 Å². The summed E-state index contributed by atoms with van der Waals surface area (Å²) in [7, 11) is 1.65. The number of hydrogen-bond donors (Lipinski definition) is 1. The normalized spacial score (nSPS) is 12.2. The van der Waals surface area contributed by atoms with E-state index in [4.69, 9.17) is 9.47 Å². The van der Waals surface area contributed by atoms with Gasteiger partial charge in [0.05, 0.1) is 13.2 Å². The highest BCUT2D eigenvalue weighted by Crippen LogP contribution is 2.27. The lowest BCUT2D eigenvalue weighted by atomic mass is 10.2. The highest BCUT2D eigenvalue weighted by atomic mass is 32.2. The van der Waals surface area contributed by atoms with Crippen LogP contribution in [0, 0.1) is 12.8 Å². The van der Waals surface area contributed by atoms with Crippen molar-refractivity contribution in [3.8, 4) is 22.9 Å². The molecule has 0 aliphatic rings. The van der Waals surface area contributed by atoms with Crippen LogP contribution in [0.4, 0.5) is 0 Å². The van der Waals surface area contributed by atoms with Crippen LogP contribution >= 0.6 is 11.8 Å². The van der Waals surface area contributed by atoms with Crippen LogP contribution in [0.25, 0.3) is 11.4 Å². The Morgan fingerprint density at radius 3 is 2.50 bits per heavy atom. The van der Waals surface area contributed by atoms with E-state index in [2.05, 4.69) is 28.6 Å². The Balaban J connectivity index is 1.66. The van der Waals surface area contributed by atoms with Crippen molar-refractivity contribution in [1.29, 1.82) is 0 Å². The van der Waals surface area contributed by atoms with Crippen molar-refractivity contribution in [2.24, 2.45) is 5.92 Å². The Kier molecular flexibility index (Phi) is 7.76. The number of benzene rings is 2. The first-order valence-corrected chi connectivity index (χ1v) is 11.0. The van der Waals surface area contributed by atoms with Gasteiger partial charge in [-0.2, -0.15) is 0 Å². The number of aryl methyl sites for hydroxylation is 1. The second-order valence-electron chi connectivity index (χ2n) is 7.63. The first-order valence-electron chi connectivity index (χ1n) is 10.0. The number of ether oxygens (including phenoxy) is 2. The molecule has 0 unspecified atom stereocenters. The zero-order valence-corrected chi connectivity index (χ0v) is 18.7. The number of thioether (sulfide) groups is 1. The molecular weight excluding hydrogens is 398 g/mol. The van der Waals surface area contributed by atoms with E-state index in [1.165, 1.54) is 11.8 Å². The Morgan fingerprint density at radius 1 is 1.07 bits per heavy atom. The van der Waals surface area contributed by atoms with Gasteiger partial charge in [-0.25, -0.2) is 0 Å². The molecule has 0 fully saturated rings. The van der Waals surface area contributed by atoms with Crippen molar-refractivity contribution >= 4 is 11.8 Å². The third-order valence-corrected chi connectivity index (χ3v) is 5.56. The number of nitrogens with zero attached hydrogens (tertiary/aromatic N) is 3. The quantitative estimate of drug-likeness (QED) is 0.482. The van der Waals surface area contributed by atoms with Gasteiger partial charge >= 0.3 is 0 Å². The van der Waals surface area contributed by atoms with Crippen molar-refractivity contribution in [3.63, 3.8) is 0 Å². The number of aliphatic hydroxyl groups is 1. The van der Waals surface area contributed by atoms with E-state index in [0.717, 1.165) is 40.2 Å². The van der Waals surface area contributed by atoms with E-state index < -0.39 is 6.10 Å². The summed E-state index contributed by atoms with van der Waals surface area (Å²) in [6.45, 7) is 7.38. The molecule has 0 aliphatic carbocycles. The van der Waals surface area contributed by atoms with E-state index in [-0.39, 0.29) is 6.61 Å². The number of methoxy groups -OCH3 is 1. The smallest absolute Gasteiger partial charge is 0.191 e. The molecule has 1 aromatic heterocycles. The fourth-order valence-electron chi connectivity index (χ4n) is 3.00. The fourth-order valence-corrected chi connectivity index (χ4v) is 3.85. The van der Waals surface area contributed by atoms with Crippen LogP contribution in [-0.2, 0) is 6.54 Å². The molecule has 30 heavy (non-hydrogen) atoms. The molecule has 0 aliphatic heterocycles. The number of aromatic nitrogens is 3. The van der Waals surface area contributed by atoms with Gasteiger partial charge < -0.3 is 19.1 Å². The molecule has 3 rings (SSSR count). The first-order chi connectivity index (χ1) is 14.5. The number of aliphatic hydroxyl groups excluding tert-OH is 1. The lowest BCUT2D eigenvalue weighted by Crippen LogP contribution is -2.20. The summed E-state index contributed by atoms with van der Waals surface area (Å²) in [5, 5.41) is 20.0. The summed E-state index contributed by atoms with van der Waals surface area (Å²) in [5.41, 5.74) is 2.11. The number of hydrogen-bond acceptors (Lipinski definition) is 6. The maximum absolute atomic E-state index is 10.4. The average Bonchev–Trinajstić information content (AvgIpc) is 3.12. The molecule has 6 nitrogen and oxygen atoms in total. The fraction of sp³-hybridized carbons (Fsp3) is 0.391. The monoisotopic (exact) mass is 427 g/mol. The molecule has 2 aromatic carbocycles. The first kappa shape index (κ1) is 22.2. The molecule has 0 saturated heterocycles. The molecule has 0 saturated carbocycles. The molecular formula is C23H29N3O3S. The Bertz CT molecular complexity index is 941. The van der Waals surface area contributed by atoms with Crippen LogP contribution in [-0.4, -0.2) is 45.4 Å². The average molecular weight is 428 g/mol. The van der Waals surface area contributed by atoms with Crippen LogP contribution in [0.5, 0.6) is 11.5 Å². The van der Waals surface area contributed by atoms with Crippen molar-refractivity contribution in [2.75, 3.05) is 19.5 Å². The summed E-state index contributed by atoms with van der Waals surface area (Å²) in [6.07, 6.45) is -0.607. The van der Waals surface area contributed by atoms with Gasteiger partial charge in [0.25, 0.3) is 0 Å². The second kappa shape index (κ2) is 10.5. The van der Waals surface area contributed by atoms with Gasteiger partial charge in [0.2, 0.25) is 0 Å². The largest absolute Gasteiger partial charge is 0.497 e. The maximum atomic E-state index is 10.4. The third kappa shape index (κ3) is 6.00. The van der Waals surface area contributed by atoms with Crippen molar-refractivity contribution in [2.45, 2.75) is 38.6 Å². The maximum Gasteiger partial charge on any atom is 0.191 e. The van der Waals surface area contributed by atoms with Gasteiger partial charge in [-0.3, -0.25) is 0 Å². The zero-order chi connectivity index (χ0) is 21.5. The molecule has 160 valence electrons. The lowest BCUT2D eigenvalue weighted by Gasteiger charge is -2.15. The zero-order valence-electron chi connectivity index (χ0n) is 17.9. The topological polar surface area (TPSA) is 69.4 Å². The second-order valence-corrected chi connectivity index (χ2v) is 8.62. The molecule has 0 bridgehead atoms. The predicted octanol–water partition coefficient (Wildman–Crippen LogP) is 4.45. The van der Waals surface area contributed by atoms with Crippen molar-refractivity contribution in [1.82, 2.24) is 14.8 Å². The third-order valence-electron chi connectivity index (χ3n) is 4.45. The van der Waals surface area contributed by atoms with E-state index in [0.29, 0.717) is 11.7 Å². The standard InChI is InChI=1S/C23H29N3O3S/c1-16(2)13-26-22(18-8-10-20(28-4)11-9-18)24-25-23(26)30-15-19(27)14-29-21-7-5-6-17(3)12-21/h5-12,16,19,27H,13-15H2,1-4H3/t19-/m1/s1. The minimum atomic E-state index is -0.607. The molecule has 0 spiro atoms. The molecule has 3 aromatic rings. The molecule has 1 N–H and O–H groups in total. The Hall–Kier alpha value is -2.51. The Morgan fingerprint density at radius 2 is 1.83 bits per heavy atom. The lowest BCUT2D eigenvalue weighted by molar-refractivity contribution is 0.126. The van der Waals surface area contributed by atoms with Crippen LogP contribution in [0.3, 0.4) is 0 Å². The minimum Gasteiger partial charge on any atom is -0.497 e. The molecule has 7 heteroatoms. The predicted molar refractivity (Wildman–Crippen MR) is 120 cm³/mol. The molecule has 0 radical (unpaired) electrons. The Labute approximate surface area is 182 Å². The molecule has 1 heterocycles. The van der Waals surface area contributed by atoms with Gasteiger partial charge in [0, 0.05) is 17.9 Å². The summed E-state index contributed by atoms with van der Waals surface area (Å²) in [6, 6.07) is 15.6. The summed E-state index contributed by atoms with van der Waals surface area (Å²) < 4.78 is 13.1. The summed E-state index contributed by atoms with van der Waals surface area (Å²) in [4.78, 5) is 0. The van der Waals surface area contributed by atoms with Gasteiger partial charge in [-0.1, -0.05) is 37.7 Å². The van der Waals surface area contributed by atoms with E-state index >= 15 is 0 Å². The molecule has 0 amide bonds. The van der Waals surface area contributed by atoms with Gasteiger partial charge in [-0.05, 0) is 54.8 Å². The van der Waals surface area contributed by atoms with Gasteiger partial charge in [0.1, 0.15) is 18.1 Å². The number of rotatable bonds is 10. The van der Waals surface area contributed by atoms with Gasteiger partial charge in [0.15, 0.2) is 11.0 Å². The highest BCUT2D eigenvalue weighted by molar-refractivity contribution is 7.99. The van der Waals surface area contributed by atoms with Crippen molar-refractivity contribution < 1.29 is 14.6 Å².